The van der Waals surface area contributed by atoms with E-state index in [2.05, 4.69) is 68.5 Å². The number of aliphatic hydroxyl groups is 4. The van der Waals surface area contributed by atoms with E-state index < -0.39 is 0 Å². The Morgan fingerprint density at radius 1 is 0.553 bits per heavy atom. The number of nitrogens with zero attached hydrogens (tertiary/aromatic N) is 16. The van der Waals surface area contributed by atoms with Gasteiger partial charge in [0.25, 0.3) is 0 Å². The number of β-amino-alcohol motifs (C(OH)–C–C–N with tert-alkyl or cyclic N) is 2. The molecule has 0 radical (unpaired) electrons. The van der Waals surface area contributed by atoms with Crippen LogP contribution >= 0.6 is 0 Å². The van der Waals surface area contributed by atoms with Crippen molar-refractivity contribution < 1.29 is 20.4 Å². The molecule has 8 atom stereocenters. The highest BCUT2D eigenvalue weighted by molar-refractivity contribution is 5.62. The summed E-state index contributed by atoms with van der Waals surface area (Å²) < 4.78 is 7.14. The summed E-state index contributed by atoms with van der Waals surface area (Å²) in [7, 11) is 7.82. The minimum atomic E-state index is -0.321. The van der Waals surface area contributed by atoms with Crippen molar-refractivity contribution in [2.24, 2.45) is 46.3 Å². The van der Waals surface area contributed by atoms with Crippen LogP contribution in [0.1, 0.15) is 118 Å². The minimum Gasteiger partial charge on any atom is -0.392 e. The molecule has 0 aliphatic carbocycles. The third-order valence-electron chi connectivity index (χ3n) is 10.7. The summed E-state index contributed by atoms with van der Waals surface area (Å²) in [6.45, 7) is 36.1. The number of hydrogen-bond acceptors (Lipinski definition) is 16. The van der Waals surface area contributed by atoms with E-state index in [1.165, 1.54) is 11.3 Å². The van der Waals surface area contributed by atoms with Gasteiger partial charge in [-0.05, 0) is 120 Å². The topological polar surface area (TPSA) is 215 Å². The van der Waals surface area contributed by atoms with Crippen molar-refractivity contribution in [3.8, 4) is 0 Å². The SMILES string of the molecule is C/C=C/C.C/C=C\C.C[C@@H](O)CN1C[C@@H](C)C=N1.C[C@@H](O)CN1N=CC[C@@H]1C.C[C@H]1C=NN(C)C1.C[C@H]1CC=NN1C.Cc1ccnn1C.Cc1ccnn1C[C@@H](C)O.Cc1cnn(C)c1.Cc1cnn(C[C@@H](C)O)c1. The van der Waals surface area contributed by atoms with Crippen molar-refractivity contribution in [3.05, 3.63) is 96.1 Å². The fraction of sp³-hybridized carbons (Fsp3) is 0.643. The van der Waals surface area contributed by atoms with Crippen molar-refractivity contribution >= 4 is 24.9 Å². The van der Waals surface area contributed by atoms with Crippen molar-refractivity contribution in [1.82, 2.24) is 59.2 Å². The van der Waals surface area contributed by atoms with Crippen LogP contribution in [0, 0.1) is 39.5 Å². The Bertz CT molecular complexity index is 2110. The summed E-state index contributed by atoms with van der Waals surface area (Å²) in [4.78, 5) is 0. The number of aromatic nitrogens is 8. The summed E-state index contributed by atoms with van der Waals surface area (Å²) in [6.07, 6.45) is 27.7. The Hall–Kier alpha value is -5.96. The maximum absolute atomic E-state index is 9.02. The van der Waals surface area contributed by atoms with Crippen LogP contribution in [-0.4, -0.2) is 181 Å². The largest absolute Gasteiger partial charge is 0.392 e. The lowest BCUT2D eigenvalue weighted by atomic mass is 10.2. The van der Waals surface area contributed by atoms with E-state index >= 15 is 0 Å². The van der Waals surface area contributed by atoms with Gasteiger partial charge >= 0.3 is 0 Å². The fourth-order valence-electron chi connectivity index (χ4n) is 6.09. The van der Waals surface area contributed by atoms with Gasteiger partial charge in [0.1, 0.15) is 0 Å². The number of allylic oxidation sites excluding steroid dienone is 4. The zero-order valence-corrected chi connectivity index (χ0v) is 50.5. The maximum atomic E-state index is 9.02. The number of hydrazone groups is 4. The van der Waals surface area contributed by atoms with Crippen LogP contribution in [0.25, 0.3) is 0 Å². The molecule has 0 saturated carbocycles. The Morgan fingerprint density at radius 3 is 1.32 bits per heavy atom. The lowest BCUT2D eigenvalue weighted by molar-refractivity contribution is 0.115. The molecule has 432 valence electrons. The minimum absolute atomic E-state index is 0.276. The Morgan fingerprint density at radius 2 is 1.05 bits per heavy atom. The Labute approximate surface area is 458 Å². The van der Waals surface area contributed by atoms with E-state index in [-0.39, 0.29) is 24.4 Å². The number of aryl methyl sites for hydroxylation is 6. The molecule has 4 aromatic rings. The number of hydrogen-bond donors (Lipinski definition) is 4. The predicted molar refractivity (Wildman–Crippen MR) is 317 cm³/mol. The second-order valence-electron chi connectivity index (χ2n) is 19.6. The van der Waals surface area contributed by atoms with Crippen molar-refractivity contribution in [2.45, 2.75) is 173 Å². The summed E-state index contributed by atoms with van der Waals surface area (Å²) in [6, 6.07) is 4.98. The summed E-state index contributed by atoms with van der Waals surface area (Å²) in [5.74, 6) is 1.20. The van der Waals surface area contributed by atoms with Gasteiger partial charge in [0.15, 0.2) is 0 Å². The standard InChI is InChI=1S/C7H14N2O.C7H12N2O.C7H14N2O.C7H12N2O.C5H10N2.C5H8N2.C5H10N2.C5H8N2.2C4H8/c2*1-6-3-8-9(4-6)5-7(2)10;2*1-6-3-4-8-9(6)5-7(2)10;2*1-5-3-6-7(2)4-5;2*1-5-3-4-6-7(5)2;2*1-3-4-2/h3,6-7,10H,4-5H2,1-2H3;3-4,7,10H,5H2,1-2H3;4,6-7,10H,3,5H2,1-2H3;3-4,7,10H,5H2,1-2H3;3,5H,4H2,1-2H3;3-4H,1-2H3;4-5H,3H2,1-2H3;3-4H,1-2H3;2*3-4H,1-2H3/b;;;;;;;;4-3+;4-3-/t6-,7+;7-;6-,7+;7-;5-;;5-;;;/m01010.0.../s1. The average Bonchev–Trinajstić information content (AvgIpc) is 4.26. The second-order valence-corrected chi connectivity index (χ2v) is 19.6. The van der Waals surface area contributed by atoms with Gasteiger partial charge < -0.3 is 20.4 Å². The molecular formula is C56H104N16O4. The van der Waals surface area contributed by atoms with E-state index in [1.807, 2.05) is 188 Å². The average molecular weight is 1070 g/mol. The van der Waals surface area contributed by atoms with Crippen molar-refractivity contribution in [1.29, 1.82) is 0 Å². The molecule has 4 N–H and O–H groups in total. The highest BCUT2D eigenvalue weighted by atomic mass is 16.3. The molecule has 4 aliphatic heterocycles. The first-order valence-electron chi connectivity index (χ1n) is 26.6. The number of rotatable bonds is 8. The second kappa shape index (κ2) is 43.2. The molecule has 0 amide bonds. The van der Waals surface area contributed by atoms with Gasteiger partial charge in [-0.25, -0.2) is 0 Å². The molecule has 4 aliphatic rings. The van der Waals surface area contributed by atoms with Crippen LogP contribution in [0.3, 0.4) is 0 Å². The van der Waals surface area contributed by atoms with Crippen LogP contribution in [0.4, 0.5) is 0 Å². The monoisotopic (exact) mass is 1060 g/mol. The van der Waals surface area contributed by atoms with E-state index in [0.717, 1.165) is 37.2 Å². The normalized spacial score (nSPS) is 18.9. The molecule has 4 aromatic heterocycles. The third-order valence-corrected chi connectivity index (χ3v) is 10.7. The summed E-state index contributed by atoms with van der Waals surface area (Å²) in [5.41, 5.74) is 4.61. The highest BCUT2D eigenvalue weighted by Crippen LogP contribution is 2.10. The molecule has 0 fully saturated rings. The molecule has 0 aromatic carbocycles. The Balaban J connectivity index is 0. The van der Waals surface area contributed by atoms with E-state index in [1.54, 1.807) is 60.3 Å². The number of aliphatic hydroxyl groups excluding tert-OH is 4. The van der Waals surface area contributed by atoms with Crippen LogP contribution in [0.5, 0.6) is 0 Å². The van der Waals surface area contributed by atoms with E-state index in [0.29, 0.717) is 50.1 Å². The van der Waals surface area contributed by atoms with Gasteiger partial charge in [-0.1, -0.05) is 38.2 Å². The lowest BCUT2D eigenvalue weighted by Gasteiger charge is -2.21. The van der Waals surface area contributed by atoms with E-state index in [4.69, 9.17) is 20.4 Å². The van der Waals surface area contributed by atoms with E-state index in [9.17, 15) is 0 Å². The molecule has 0 saturated heterocycles. The van der Waals surface area contributed by atoms with Gasteiger partial charge in [0.05, 0.1) is 63.0 Å². The molecule has 0 unspecified atom stereocenters. The fourth-order valence-corrected chi connectivity index (χ4v) is 6.09. The van der Waals surface area contributed by atoms with Gasteiger partial charge in [0.2, 0.25) is 0 Å². The predicted octanol–water partition coefficient (Wildman–Crippen LogP) is 7.77. The Kier molecular flexibility index (Phi) is 41.0. The molecule has 20 nitrogen and oxygen atoms in total. The van der Waals surface area contributed by atoms with Crippen LogP contribution in [-0.2, 0) is 27.2 Å². The zero-order chi connectivity index (χ0) is 58.2. The first-order chi connectivity index (χ1) is 35.8. The first-order valence-corrected chi connectivity index (χ1v) is 26.6. The first kappa shape index (κ1) is 72.1. The summed E-state index contributed by atoms with van der Waals surface area (Å²) >= 11 is 0. The highest BCUT2D eigenvalue weighted by Gasteiger charge is 2.16. The van der Waals surface area contributed by atoms with Crippen molar-refractivity contribution in [3.63, 3.8) is 0 Å². The zero-order valence-electron chi connectivity index (χ0n) is 50.5. The van der Waals surface area contributed by atoms with Gasteiger partial charge in [-0.3, -0.25) is 38.8 Å². The molecule has 8 heterocycles. The molecule has 76 heavy (non-hydrogen) atoms. The molecular weight excluding hydrogens is 961 g/mol. The maximum Gasteiger partial charge on any atom is 0.0708 e. The van der Waals surface area contributed by atoms with Crippen LogP contribution in [0.2, 0.25) is 0 Å². The molecule has 0 bridgehead atoms. The molecule has 8 rings (SSSR count). The molecule has 20 heteroatoms. The summed E-state index contributed by atoms with van der Waals surface area (Å²) in [5, 5.41) is 75.8. The smallest absolute Gasteiger partial charge is 0.0708 e. The molecule has 0 spiro atoms. The lowest BCUT2D eigenvalue weighted by Crippen LogP contribution is -2.30. The van der Waals surface area contributed by atoms with Gasteiger partial charge in [-0.2, -0.15) is 40.8 Å². The van der Waals surface area contributed by atoms with Crippen LogP contribution < -0.4 is 0 Å². The van der Waals surface area contributed by atoms with Crippen molar-refractivity contribution in [2.75, 3.05) is 40.3 Å². The van der Waals surface area contributed by atoms with Gasteiger partial charge in [0, 0.05) is 139 Å². The third kappa shape index (κ3) is 39.5. The quantitative estimate of drug-likeness (QED) is 0.125. The van der Waals surface area contributed by atoms with Crippen LogP contribution in [0.15, 0.2) is 94.0 Å². The van der Waals surface area contributed by atoms with Gasteiger partial charge in [-0.15, -0.1) is 0 Å².